The van der Waals surface area contributed by atoms with Gasteiger partial charge in [0.05, 0.1) is 64.0 Å². The molecule has 3 unspecified atom stereocenters. The van der Waals surface area contributed by atoms with Crippen LogP contribution in [0.2, 0.25) is 19.6 Å². The number of ether oxygens (including phenoxy) is 4. The number of nitro benzene ring substituents is 6. The number of nitriles is 1. The Balaban J connectivity index is 0.000000686. The topological polar surface area (TPSA) is 590 Å². The standard InChI is InChI=1S/C13H18N2O4Si.2C12H15NO5.C12H13NO5.C11H13NO6.C9H9NO4.C9H10O2/c1-8-6-10(11(7-14)19-20(3,4)5)9(2)12(13(8)16)15(17)18;3*1-6-5-9(11(14)12(15)18-4)8(3)10(7(6)2)13(16)17;1-5-4-7(10(14)11(15)18-3)6(2)8(9(5)13)12(16)17;1-5-3-7(4-11)6(2)8(9(5)12)10(13)14;1-6-4-9(11)7(2)3-8(6)5-10/h6,11,16H,1-5H3;2*5,11,14H,1-4H3;5H,1-4H3;4,10,13-14H,1-3H3;3-4,12H,1-2H3;3-5,11H,1-2H3/t;11-;;;;;/m.0...../s1. The van der Waals surface area contributed by atoms with Crippen molar-refractivity contribution < 1.29 is 122 Å². The number of aryl methyl sites for hydroxylation is 8. The molecular formula is C78H93N7O31Si. The van der Waals surface area contributed by atoms with Gasteiger partial charge >= 0.3 is 40.9 Å². The van der Waals surface area contributed by atoms with Crippen LogP contribution in [-0.4, -0.2) is 144 Å². The molecule has 7 aromatic carbocycles. The molecule has 39 heteroatoms. The molecule has 38 nitrogen and oxygen atoms in total. The highest BCUT2D eigenvalue weighted by molar-refractivity contribution is 6.69. The number of nitrogens with zero attached hydrogens (tertiary/aromatic N) is 7. The molecule has 0 bridgehead atoms. The highest BCUT2D eigenvalue weighted by atomic mass is 28.4. The molecule has 0 aliphatic carbocycles. The largest absolute Gasteiger partial charge is 0.508 e. The van der Waals surface area contributed by atoms with Crippen LogP contribution < -0.4 is 0 Å². The molecule has 630 valence electrons. The Morgan fingerprint density at radius 2 is 0.658 bits per heavy atom. The normalized spacial score (nSPS) is 11.4. The molecule has 7 rings (SSSR count). The van der Waals surface area contributed by atoms with E-state index in [-0.39, 0.29) is 107 Å². The molecule has 0 spiro atoms. The number of benzene rings is 7. The SMILES string of the molecule is COC(=O)C(=O)c1cc(C)c(C)c([N+](=O)[O-])c1C.COC(=O)C(O)c1cc(C)c(C)c([N+](=O)[O-])c1C.COC(=O)C(O)c1cc(C)c(O)c([N+](=O)[O-])c1C.COC(=O)[C@@H](O)c1cc(C)c(C)c([N+](=O)[O-])c1C.Cc1cc(C(C#N)O[Si](C)(C)C)c(C)c([N+](=O)[O-])c1O.Cc1cc(C=O)c(C)c([N+](=O)[O-])c1O.Cc1cc(C=O)c(C)cc1O. The summed E-state index contributed by atoms with van der Waals surface area (Å²) in [5.74, 6) is -5.47. The second-order valence-electron chi connectivity index (χ2n) is 27.0. The van der Waals surface area contributed by atoms with Gasteiger partial charge in [0, 0.05) is 89.0 Å². The molecule has 7 N–H and O–H groups in total. The number of aldehydes is 2. The van der Waals surface area contributed by atoms with Gasteiger partial charge in [0.1, 0.15) is 12.0 Å². The molecule has 0 amide bonds. The number of rotatable bonds is 19. The van der Waals surface area contributed by atoms with E-state index in [0.717, 1.165) is 45.9 Å². The third-order valence-corrected chi connectivity index (χ3v) is 19.1. The van der Waals surface area contributed by atoms with Gasteiger partial charge in [-0.3, -0.25) is 75.1 Å². The zero-order valence-corrected chi connectivity index (χ0v) is 69.6. The third-order valence-electron chi connectivity index (χ3n) is 18.1. The lowest BCUT2D eigenvalue weighted by Gasteiger charge is -2.23. The van der Waals surface area contributed by atoms with Crippen LogP contribution in [0.3, 0.4) is 0 Å². The molecule has 117 heavy (non-hydrogen) atoms. The van der Waals surface area contributed by atoms with Crippen molar-refractivity contribution in [2.45, 2.75) is 162 Å². The molecule has 7 aromatic rings. The van der Waals surface area contributed by atoms with E-state index >= 15 is 0 Å². The first kappa shape index (κ1) is 102. The van der Waals surface area contributed by atoms with Crippen LogP contribution in [0.25, 0.3) is 0 Å². The van der Waals surface area contributed by atoms with E-state index in [0.29, 0.717) is 61.9 Å². The zero-order chi connectivity index (χ0) is 91.1. The summed E-state index contributed by atoms with van der Waals surface area (Å²) in [6.45, 7) is 32.5. The predicted octanol–water partition coefficient (Wildman–Crippen LogP) is 13.3. The molecule has 0 aliphatic heterocycles. The maximum atomic E-state index is 11.7. The predicted molar refractivity (Wildman–Crippen MR) is 423 cm³/mol. The Morgan fingerprint density at radius 3 is 0.966 bits per heavy atom. The average molecular weight is 1650 g/mol. The molecule has 0 aliphatic rings. The van der Waals surface area contributed by atoms with Crippen molar-refractivity contribution in [3.63, 3.8) is 0 Å². The van der Waals surface area contributed by atoms with E-state index < -0.39 is 109 Å². The maximum Gasteiger partial charge on any atom is 0.379 e. The molecule has 4 atom stereocenters. The van der Waals surface area contributed by atoms with Crippen LogP contribution in [-0.2, 0) is 42.6 Å². The van der Waals surface area contributed by atoms with Crippen LogP contribution in [0, 0.1) is 190 Å². The number of aliphatic hydroxyl groups is 3. The van der Waals surface area contributed by atoms with E-state index in [1.807, 2.05) is 25.7 Å². The Morgan fingerprint density at radius 1 is 0.376 bits per heavy atom. The van der Waals surface area contributed by atoms with Gasteiger partial charge in [0.15, 0.2) is 56.3 Å². The third kappa shape index (κ3) is 25.5. The number of carbonyl (C=O) groups is 7. The number of aliphatic hydroxyl groups excluding tert-OH is 3. The summed E-state index contributed by atoms with van der Waals surface area (Å²) >= 11 is 0. The van der Waals surface area contributed by atoms with Crippen molar-refractivity contribution in [2.75, 3.05) is 28.4 Å². The number of ketones is 1. The van der Waals surface area contributed by atoms with Crippen LogP contribution in [0.5, 0.6) is 23.0 Å². The number of nitro groups is 6. The first-order chi connectivity index (χ1) is 53.9. The molecule has 0 fully saturated rings. The number of phenolic OH excluding ortho intramolecular Hbond substituents is 4. The summed E-state index contributed by atoms with van der Waals surface area (Å²) in [4.78, 5) is 140. The Kier molecular flexibility index (Phi) is 38.0. The minimum Gasteiger partial charge on any atom is -0.508 e. The fourth-order valence-electron chi connectivity index (χ4n) is 11.2. The van der Waals surface area contributed by atoms with Crippen molar-refractivity contribution in [1.29, 1.82) is 5.26 Å². The highest BCUT2D eigenvalue weighted by Crippen LogP contribution is 2.42. The van der Waals surface area contributed by atoms with Gasteiger partial charge in [-0.1, -0.05) is 12.1 Å². The molecular weight excluding hydrogens is 1560 g/mol. The van der Waals surface area contributed by atoms with Crippen molar-refractivity contribution in [3.05, 3.63) is 243 Å². The van der Waals surface area contributed by atoms with Gasteiger partial charge < -0.3 is 59.1 Å². The lowest BCUT2D eigenvalue weighted by atomic mass is 9.95. The van der Waals surface area contributed by atoms with Gasteiger partial charge in [-0.05, 0) is 218 Å². The molecule has 0 saturated heterocycles. The summed E-state index contributed by atoms with van der Waals surface area (Å²) in [5, 5.41) is 142. The number of aromatic hydroxyl groups is 4. The van der Waals surface area contributed by atoms with E-state index in [1.165, 1.54) is 73.6 Å². The Hall–Kier alpha value is -13.4. The van der Waals surface area contributed by atoms with Crippen molar-refractivity contribution in [3.8, 4) is 29.1 Å². The van der Waals surface area contributed by atoms with Gasteiger partial charge in [-0.2, -0.15) is 5.26 Å². The van der Waals surface area contributed by atoms with Crippen molar-refractivity contribution >= 4 is 84.7 Å². The summed E-state index contributed by atoms with van der Waals surface area (Å²) in [6, 6.07) is 14.2. The summed E-state index contributed by atoms with van der Waals surface area (Å²) < 4.78 is 23.3. The summed E-state index contributed by atoms with van der Waals surface area (Å²) in [6.07, 6.45) is -4.16. The monoisotopic (exact) mass is 1650 g/mol. The minimum absolute atomic E-state index is 0.0108. The van der Waals surface area contributed by atoms with Gasteiger partial charge in [0.2, 0.25) is 0 Å². The number of esters is 4. The fraction of sp³-hybridized carbons (Fsp3) is 0.359. The zero-order valence-electron chi connectivity index (χ0n) is 68.6. The van der Waals surface area contributed by atoms with Gasteiger partial charge in [-0.15, -0.1) is 0 Å². The number of carbonyl (C=O) groups excluding carboxylic acids is 7. The van der Waals surface area contributed by atoms with Crippen LogP contribution >= 0.6 is 0 Å². The average Bonchev–Trinajstić information content (AvgIpc) is 0.806. The summed E-state index contributed by atoms with van der Waals surface area (Å²) in [7, 11) is 2.51. The molecule has 0 radical (unpaired) electrons. The number of methoxy groups -OCH3 is 4. The van der Waals surface area contributed by atoms with Crippen LogP contribution in [0.1, 0.15) is 172 Å². The van der Waals surface area contributed by atoms with Gasteiger partial charge in [-0.25, -0.2) is 19.2 Å². The van der Waals surface area contributed by atoms with Crippen molar-refractivity contribution in [2.24, 2.45) is 0 Å². The van der Waals surface area contributed by atoms with Crippen molar-refractivity contribution in [1.82, 2.24) is 0 Å². The summed E-state index contributed by atoms with van der Waals surface area (Å²) in [5.41, 5.74) is 7.26. The quantitative estimate of drug-likeness (QED) is 0.00578. The maximum absolute atomic E-state index is 11.7. The minimum atomic E-state index is -1.98. The number of hydrogen-bond donors (Lipinski definition) is 7. The van der Waals surface area contributed by atoms with E-state index in [9.17, 15) is 135 Å². The first-order valence-corrected chi connectivity index (χ1v) is 37.7. The Bertz CT molecular complexity index is 4900. The van der Waals surface area contributed by atoms with E-state index in [2.05, 4.69) is 18.9 Å². The number of phenols is 4. The smallest absolute Gasteiger partial charge is 0.379 e. The molecule has 0 heterocycles. The first-order valence-electron chi connectivity index (χ1n) is 34.3. The lowest BCUT2D eigenvalue weighted by molar-refractivity contribution is -0.386. The fourth-order valence-corrected chi connectivity index (χ4v) is 12.1. The second-order valence-corrected chi connectivity index (χ2v) is 31.5. The second kappa shape index (κ2) is 43.7. The lowest BCUT2D eigenvalue weighted by Crippen LogP contribution is -2.27. The molecule has 0 aromatic heterocycles. The number of hydrogen-bond acceptors (Lipinski definition) is 32. The highest BCUT2D eigenvalue weighted by Gasteiger charge is 2.34. The Labute approximate surface area is 671 Å². The van der Waals surface area contributed by atoms with Crippen LogP contribution in [0.4, 0.5) is 34.1 Å². The van der Waals surface area contributed by atoms with Gasteiger partial charge in [0.25, 0.3) is 22.8 Å². The van der Waals surface area contributed by atoms with Crippen LogP contribution in [0.15, 0.2) is 48.5 Å². The van der Waals surface area contributed by atoms with E-state index in [1.54, 1.807) is 92.6 Å². The number of Topliss-reactive ketones (excluding diaryl/α,β-unsaturated/α-hetero) is 1. The van der Waals surface area contributed by atoms with E-state index in [4.69, 9.17) is 4.43 Å². The molecule has 0 saturated carbocycles.